The van der Waals surface area contributed by atoms with E-state index in [-0.39, 0.29) is 0 Å². The van der Waals surface area contributed by atoms with Crippen LogP contribution in [0, 0.1) is 0 Å². The van der Waals surface area contributed by atoms with Crippen LogP contribution >= 0.6 is 0 Å². The fourth-order valence-corrected chi connectivity index (χ4v) is 2.84. The fraction of sp³-hybridized carbons (Fsp3) is 0.389. The van der Waals surface area contributed by atoms with Crippen LogP contribution in [0.4, 0.5) is 11.6 Å². The van der Waals surface area contributed by atoms with Crippen LogP contribution in [0.25, 0.3) is 22.3 Å². The maximum absolute atomic E-state index is 5.77. The van der Waals surface area contributed by atoms with Crippen LogP contribution < -0.4 is 11.1 Å². The Balaban J connectivity index is 1.82. The summed E-state index contributed by atoms with van der Waals surface area (Å²) in [5.41, 5.74) is 9.19. The van der Waals surface area contributed by atoms with Crippen LogP contribution in [0.3, 0.4) is 0 Å². The number of nitrogens with two attached hydrogens (primary N) is 1. The lowest BCUT2D eigenvalue weighted by molar-refractivity contribution is 0.316. The largest absolute Gasteiger partial charge is 0.399 e. The molecule has 2 heterocycles. The summed E-state index contributed by atoms with van der Waals surface area (Å²) in [7, 11) is 1.90. The van der Waals surface area contributed by atoms with Gasteiger partial charge in [0.2, 0.25) is 5.95 Å². The lowest BCUT2D eigenvalue weighted by Crippen LogP contribution is -2.28. The minimum atomic E-state index is 0.631. The second kappa shape index (κ2) is 7.48. The van der Waals surface area contributed by atoms with Crippen LogP contribution in [0.5, 0.6) is 0 Å². The molecule has 0 radical (unpaired) electrons. The van der Waals surface area contributed by atoms with Gasteiger partial charge in [0.25, 0.3) is 0 Å². The molecule has 2 aromatic heterocycles. The SMILES string of the molecule is CCN(CC)CCNc1ncc2c(-c3ccc(N)cc3)nn(C)c2n1. The van der Waals surface area contributed by atoms with Gasteiger partial charge in [-0.05, 0) is 25.2 Å². The Hall–Kier alpha value is -2.67. The average Bonchev–Trinajstić information content (AvgIpc) is 2.96. The van der Waals surface area contributed by atoms with Gasteiger partial charge in [0, 0.05) is 37.6 Å². The number of benzene rings is 1. The molecule has 0 saturated carbocycles. The number of likely N-dealkylation sites (N-methyl/N-ethyl adjacent to an activating group) is 1. The molecule has 0 fully saturated rings. The smallest absolute Gasteiger partial charge is 0.224 e. The van der Waals surface area contributed by atoms with E-state index in [1.165, 1.54) is 0 Å². The zero-order valence-electron chi connectivity index (χ0n) is 15.0. The molecule has 3 rings (SSSR count). The molecule has 0 amide bonds. The van der Waals surface area contributed by atoms with E-state index in [1.807, 2.05) is 37.5 Å². The number of rotatable bonds is 7. The first-order valence-corrected chi connectivity index (χ1v) is 8.64. The molecule has 3 N–H and O–H groups in total. The molecule has 0 bridgehead atoms. The lowest BCUT2D eigenvalue weighted by atomic mass is 10.1. The average molecular weight is 339 g/mol. The molecule has 0 aliphatic rings. The minimum absolute atomic E-state index is 0.631. The summed E-state index contributed by atoms with van der Waals surface area (Å²) in [6.45, 7) is 8.21. The highest BCUT2D eigenvalue weighted by atomic mass is 15.3. The van der Waals surface area contributed by atoms with Gasteiger partial charge >= 0.3 is 0 Å². The zero-order valence-corrected chi connectivity index (χ0v) is 15.0. The molecule has 0 saturated heterocycles. The van der Waals surface area contributed by atoms with E-state index >= 15 is 0 Å². The van der Waals surface area contributed by atoms with Gasteiger partial charge in [-0.15, -0.1) is 0 Å². The molecule has 3 aromatic rings. The first-order valence-electron chi connectivity index (χ1n) is 8.64. The fourth-order valence-electron chi connectivity index (χ4n) is 2.84. The summed E-state index contributed by atoms with van der Waals surface area (Å²) in [5.74, 6) is 0.631. The van der Waals surface area contributed by atoms with Crippen molar-refractivity contribution in [3.05, 3.63) is 30.5 Å². The van der Waals surface area contributed by atoms with Crippen molar-refractivity contribution in [3.8, 4) is 11.3 Å². The van der Waals surface area contributed by atoms with Gasteiger partial charge in [-0.1, -0.05) is 26.0 Å². The second-order valence-electron chi connectivity index (χ2n) is 5.98. The van der Waals surface area contributed by atoms with Gasteiger partial charge < -0.3 is 16.0 Å². The lowest BCUT2D eigenvalue weighted by Gasteiger charge is -2.17. The number of nitrogen functional groups attached to an aromatic ring is 1. The van der Waals surface area contributed by atoms with Crippen molar-refractivity contribution in [2.45, 2.75) is 13.8 Å². The molecule has 7 nitrogen and oxygen atoms in total. The first kappa shape index (κ1) is 17.2. The third-order valence-corrected chi connectivity index (χ3v) is 4.37. The van der Waals surface area contributed by atoms with Crippen molar-refractivity contribution in [2.75, 3.05) is 37.2 Å². The molecule has 0 aliphatic carbocycles. The molecule has 1 aromatic carbocycles. The summed E-state index contributed by atoms with van der Waals surface area (Å²) in [6, 6.07) is 7.68. The van der Waals surface area contributed by atoms with E-state index in [4.69, 9.17) is 5.73 Å². The number of hydrogen-bond donors (Lipinski definition) is 2. The van der Waals surface area contributed by atoms with Crippen LogP contribution in [0.15, 0.2) is 30.5 Å². The van der Waals surface area contributed by atoms with E-state index in [1.54, 1.807) is 4.68 Å². The number of fused-ring (bicyclic) bond motifs is 1. The maximum atomic E-state index is 5.77. The van der Waals surface area contributed by atoms with E-state index in [0.29, 0.717) is 5.95 Å². The molecular weight excluding hydrogens is 314 g/mol. The second-order valence-corrected chi connectivity index (χ2v) is 5.98. The van der Waals surface area contributed by atoms with E-state index in [0.717, 1.165) is 54.2 Å². The van der Waals surface area contributed by atoms with E-state index in [2.05, 4.69) is 39.1 Å². The number of hydrogen-bond acceptors (Lipinski definition) is 6. The standard InChI is InChI=1S/C18H25N7/c1-4-25(5-2)11-10-20-18-21-12-15-16(23-24(3)17(15)22-18)13-6-8-14(19)9-7-13/h6-9,12H,4-5,10-11,19H2,1-3H3,(H,20,21,22). The minimum Gasteiger partial charge on any atom is -0.399 e. The summed E-state index contributed by atoms with van der Waals surface area (Å²) in [6.07, 6.45) is 1.83. The molecule has 7 heteroatoms. The van der Waals surface area contributed by atoms with Crippen molar-refractivity contribution in [3.63, 3.8) is 0 Å². The number of anilines is 2. The van der Waals surface area contributed by atoms with Gasteiger partial charge in [0.1, 0.15) is 5.69 Å². The Morgan fingerprint density at radius 1 is 1.16 bits per heavy atom. The van der Waals surface area contributed by atoms with Gasteiger partial charge in [-0.25, -0.2) is 9.67 Å². The highest BCUT2D eigenvalue weighted by Crippen LogP contribution is 2.27. The number of nitrogens with one attached hydrogen (secondary N) is 1. The van der Waals surface area contributed by atoms with Crippen molar-refractivity contribution >= 4 is 22.7 Å². The molecule has 0 unspecified atom stereocenters. The summed E-state index contributed by atoms with van der Waals surface area (Å²) < 4.78 is 1.79. The summed E-state index contributed by atoms with van der Waals surface area (Å²) >= 11 is 0. The van der Waals surface area contributed by atoms with Crippen LogP contribution in [0.1, 0.15) is 13.8 Å². The third kappa shape index (κ3) is 3.71. The van der Waals surface area contributed by atoms with Crippen LogP contribution in [-0.2, 0) is 7.05 Å². The Bertz CT molecular complexity index is 835. The van der Waals surface area contributed by atoms with Crippen molar-refractivity contribution in [2.24, 2.45) is 7.05 Å². The molecule has 0 aliphatic heterocycles. The normalized spacial score (nSPS) is 11.4. The monoisotopic (exact) mass is 339 g/mol. The Kier molecular flexibility index (Phi) is 5.14. The van der Waals surface area contributed by atoms with Gasteiger partial charge in [0.15, 0.2) is 5.65 Å². The summed E-state index contributed by atoms with van der Waals surface area (Å²) in [5, 5.41) is 8.83. The zero-order chi connectivity index (χ0) is 17.8. The predicted molar refractivity (Wildman–Crippen MR) is 102 cm³/mol. The van der Waals surface area contributed by atoms with E-state index in [9.17, 15) is 0 Å². The van der Waals surface area contributed by atoms with Crippen molar-refractivity contribution in [1.82, 2.24) is 24.6 Å². The maximum Gasteiger partial charge on any atom is 0.224 e. The number of aryl methyl sites for hydroxylation is 1. The summed E-state index contributed by atoms with van der Waals surface area (Å²) in [4.78, 5) is 11.4. The highest BCUT2D eigenvalue weighted by Gasteiger charge is 2.13. The van der Waals surface area contributed by atoms with Gasteiger partial charge in [-0.3, -0.25) is 0 Å². The van der Waals surface area contributed by atoms with Crippen molar-refractivity contribution in [1.29, 1.82) is 0 Å². The van der Waals surface area contributed by atoms with Crippen LogP contribution in [-0.4, -0.2) is 50.8 Å². The molecule has 0 atom stereocenters. The topological polar surface area (TPSA) is 84.9 Å². The van der Waals surface area contributed by atoms with E-state index < -0.39 is 0 Å². The highest BCUT2D eigenvalue weighted by molar-refractivity contribution is 5.91. The number of aromatic nitrogens is 4. The van der Waals surface area contributed by atoms with Crippen LogP contribution in [0.2, 0.25) is 0 Å². The third-order valence-electron chi connectivity index (χ3n) is 4.37. The molecule has 25 heavy (non-hydrogen) atoms. The van der Waals surface area contributed by atoms with Gasteiger partial charge in [0.05, 0.1) is 5.39 Å². The van der Waals surface area contributed by atoms with Gasteiger partial charge in [-0.2, -0.15) is 10.1 Å². The Morgan fingerprint density at radius 2 is 1.88 bits per heavy atom. The van der Waals surface area contributed by atoms with Crippen molar-refractivity contribution < 1.29 is 0 Å². The Morgan fingerprint density at radius 3 is 2.56 bits per heavy atom. The molecular formula is C18H25N7. The molecule has 132 valence electrons. The Labute approximate surface area is 147 Å². The quantitative estimate of drug-likeness (QED) is 0.643. The molecule has 0 spiro atoms. The number of nitrogens with zero attached hydrogens (tertiary/aromatic N) is 5. The predicted octanol–water partition coefficient (Wildman–Crippen LogP) is 2.37. The first-order chi connectivity index (χ1) is 12.1.